The zero-order valence-electron chi connectivity index (χ0n) is 13.1. The zero-order valence-corrected chi connectivity index (χ0v) is 14.0. The molecule has 0 saturated heterocycles. The molecule has 1 heterocycles. The van der Waals surface area contributed by atoms with Crippen molar-refractivity contribution in [3.8, 4) is 0 Å². The summed E-state index contributed by atoms with van der Waals surface area (Å²) in [6.45, 7) is 0.243. The molecule has 0 aliphatic carbocycles. The number of benzene rings is 2. The van der Waals surface area contributed by atoms with Gasteiger partial charge in [-0.15, -0.1) is 5.10 Å². The third-order valence-electron chi connectivity index (χ3n) is 3.66. The number of hydrogen-bond acceptors (Lipinski definition) is 4. The van der Waals surface area contributed by atoms with E-state index >= 15 is 0 Å². The van der Waals surface area contributed by atoms with Gasteiger partial charge in [-0.1, -0.05) is 54.2 Å². The quantitative estimate of drug-likeness (QED) is 0.666. The Morgan fingerprint density at radius 1 is 1.17 bits per heavy atom. The van der Waals surface area contributed by atoms with Gasteiger partial charge in [-0.2, -0.15) is 5.10 Å². The minimum absolute atomic E-state index is 0.0852. The normalized spacial score (nSPS) is 10.8. The van der Waals surface area contributed by atoms with E-state index in [0.717, 1.165) is 15.8 Å². The SMILES string of the molecule is CN(Cc1ccccc1F)C(=O)CSc1nncc2ccccc12. The highest BCUT2D eigenvalue weighted by molar-refractivity contribution is 8.00. The van der Waals surface area contributed by atoms with Gasteiger partial charge in [0.25, 0.3) is 0 Å². The van der Waals surface area contributed by atoms with E-state index in [1.807, 2.05) is 24.3 Å². The van der Waals surface area contributed by atoms with Crippen LogP contribution in [0.1, 0.15) is 5.56 Å². The number of halogens is 1. The second-order valence-corrected chi connectivity index (χ2v) is 6.33. The molecule has 3 aromatic rings. The first-order valence-corrected chi connectivity index (χ1v) is 8.44. The summed E-state index contributed by atoms with van der Waals surface area (Å²) in [5.74, 6) is -0.157. The van der Waals surface area contributed by atoms with E-state index in [1.54, 1.807) is 31.4 Å². The molecule has 0 spiro atoms. The van der Waals surface area contributed by atoms with Gasteiger partial charge in [-0.25, -0.2) is 4.39 Å². The van der Waals surface area contributed by atoms with Crippen LogP contribution in [0.25, 0.3) is 10.8 Å². The molecule has 0 fully saturated rings. The molecule has 0 aliphatic heterocycles. The Morgan fingerprint density at radius 3 is 2.75 bits per heavy atom. The van der Waals surface area contributed by atoms with Crippen LogP contribution >= 0.6 is 11.8 Å². The van der Waals surface area contributed by atoms with Gasteiger partial charge in [0.15, 0.2) is 0 Å². The zero-order chi connectivity index (χ0) is 16.9. The number of nitrogens with zero attached hydrogens (tertiary/aromatic N) is 3. The van der Waals surface area contributed by atoms with Crippen LogP contribution in [0.15, 0.2) is 59.8 Å². The smallest absolute Gasteiger partial charge is 0.233 e. The predicted molar refractivity (Wildman–Crippen MR) is 93.1 cm³/mol. The molecule has 1 aromatic heterocycles. The molecule has 3 rings (SSSR count). The fraction of sp³-hybridized carbons (Fsp3) is 0.167. The van der Waals surface area contributed by atoms with Crippen molar-refractivity contribution in [2.75, 3.05) is 12.8 Å². The lowest BCUT2D eigenvalue weighted by Gasteiger charge is -2.17. The van der Waals surface area contributed by atoms with Crippen LogP contribution in [0.2, 0.25) is 0 Å². The Kier molecular flexibility index (Phi) is 5.05. The number of hydrogen-bond donors (Lipinski definition) is 0. The molecule has 122 valence electrons. The van der Waals surface area contributed by atoms with Crippen molar-refractivity contribution < 1.29 is 9.18 Å². The molecular weight excluding hydrogens is 325 g/mol. The van der Waals surface area contributed by atoms with Crippen LogP contribution in [0.3, 0.4) is 0 Å². The highest BCUT2D eigenvalue weighted by atomic mass is 32.2. The summed E-state index contributed by atoms with van der Waals surface area (Å²) in [6, 6.07) is 14.3. The molecule has 4 nitrogen and oxygen atoms in total. The second-order valence-electron chi connectivity index (χ2n) is 5.37. The van der Waals surface area contributed by atoms with Crippen LogP contribution in [-0.2, 0) is 11.3 Å². The van der Waals surface area contributed by atoms with Gasteiger partial charge < -0.3 is 4.90 Å². The lowest BCUT2D eigenvalue weighted by molar-refractivity contribution is -0.127. The van der Waals surface area contributed by atoms with Crippen molar-refractivity contribution in [3.05, 3.63) is 66.1 Å². The van der Waals surface area contributed by atoms with Crippen LogP contribution in [0, 0.1) is 5.82 Å². The van der Waals surface area contributed by atoms with E-state index in [-0.39, 0.29) is 24.0 Å². The number of fused-ring (bicyclic) bond motifs is 1. The number of rotatable bonds is 5. The Hall–Kier alpha value is -2.47. The van der Waals surface area contributed by atoms with Crippen molar-refractivity contribution >= 4 is 28.4 Å². The molecular formula is C18H16FN3OS. The van der Waals surface area contributed by atoms with E-state index in [1.165, 1.54) is 22.7 Å². The van der Waals surface area contributed by atoms with Crippen molar-refractivity contribution in [1.82, 2.24) is 15.1 Å². The molecule has 0 atom stereocenters. The first-order valence-electron chi connectivity index (χ1n) is 7.46. The minimum atomic E-state index is -0.301. The number of thioether (sulfide) groups is 1. The minimum Gasteiger partial charge on any atom is -0.341 e. The molecule has 0 bridgehead atoms. The van der Waals surface area contributed by atoms with Crippen molar-refractivity contribution in [2.45, 2.75) is 11.6 Å². The van der Waals surface area contributed by atoms with Crippen molar-refractivity contribution in [1.29, 1.82) is 0 Å². The van der Waals surface area contributed by atoms with Gasteiger partial charge >= 0.3 is 0 Å². The molecule has 0 N–H and O–H groups in total. The molecule has 0 radical (unpaired) electrons. The Balaban J connectivity index is 1.65. The van der Waals surface area contributed by atoms with Gasteiger partial charge in [-0.3, -0.25) is 4.79 Å². The molecule has 0 saturated carbocycles. The fourth-order valence-corrected chi connectivity index (χ4v) is 3.25. The topological polar surface area (TPSA) is 46.1 Å². The molecule has 24 heavy (non-hydrogen) atoms. The molecule has 0 unspecified atom stereocenters. The molecule has 0 aliphatic rings. The third kappa shape index (κ3) is 3.71. The predicted octanol–water partition coefficient (Wildman–Crippen LogP) is 3.52. The van der Waals surface area contributed by atoms with Crippen molar-refractivity contribution in [2.24, 2.45) is 0 Å². The third-order valence-corrected chi connectivity index (χ3v) is 4.63. The standard InChI is InChI=1S/C18H16FN3OS/c1-22(11-14-7-3-5-9-16(14)19)17(23)12-24-18-15-8-4-2-6-13(15)10-20-21-18/h2-10H,11-12H2,1H3. The Morgan fingerprint density at radius 2 is 1.92 bits per heavy atom. The van der Waals surface area contributed by atoms with E-state index in [0.29, 0.717) is 5.56 Å². The number of amides is 1. The lowest BCUT2D eigenvalue weighted by atomic mass is 10.2. The van der Waals surface area contributed by atoms with Gasteiger partial charge in [0.1, 0.15) is 10.8 Å². The lowest BCUT2D eigenvalue weighted by Crippen LogP contribution is -2.28. The Labute approximate surface area is 143 Å². The molecule has 1 amide bonds. The summed E-state index contributed by atoms with van der Waals surface area (Å²) in [6.07, 6.45) is 1.70. The molecule has 2 aromatic carbocycles. The van der Waals surface area contributed by atoms with Gasteiger partial charge in [-0.05, 0) is 6.07 Å². The van der Waals surface area contributed by atoms with Crippen LogP contribution in [0.4, 0.5) is 4.39 Å². The van der Waals surface area contributed by atoms with E-state index in [4.69, 9.17) is 0 Å². The first-order chi connectivity index (χ1) is 11.6. The van der Waals surface area contributed by atoms with Gasteiger partial charge in [0.2, 0.25) is 5.91 Å². The van der Waals surface area contributed by atoms with Crippen LogP contribution in [0.5, 0.6) is 0 Å². The largest absolute Gasteiger partial charge is 0.341 e. The average Bonchev–Trinajstić information content (AvgIpc) is 2.61. The van der Waals surface area contributed by atoms with Crippen LogP contribution < -0.4 is 0 Å². The summed E-state index contributed by atoms with van der Waals surface area (Å²) in [4.78, 5) is 13.8. The monoisotopic (exact) mass is 341 g/mol. The number of carbonyl (C=O) groups excluding carboxylic acids is 1. The maximum Gasteiger partial charge on any atom is 0.233 e. The first kappa shape index (κ1) is 16.4. The number of carbonyl (C=O) groups is 1. The highest BCUT2D eigenvalue weighted by Gasteiger charge is 2.13. The maximum atomic E-state index is 13.7. The summed E-state index contributed by atoms with van der Waals surface area (Å²) >= 11 is 1.34. The summed E-state index contributed by atoms with van der Waals surface area (Å²) in [7, 11) is 1.67. The molecule has 6 heteroatoms. The van der Waals surface area contributed by atoms with E-state index in [9.17, 15) is 9.18 Å². The maximum absolute atomic E-state index is 13.7. The van der Waals surface area contributed by atoms with E-state index < -0.39 is 0 Å². The van der Waals surface area contributed by atoms with Gasteiger partial charge in [0.05, 0.1) is 11.9 Å². The van der Waals surface area contributed by atoms with Crippen LogP contribution in [-0.4, -0.2) is 33.8 Å². The number of aromatic nitrogens is 2. The summed E-state index contributed by atoms with van der Waals surface area (Å²) in [5, 5.41) is 10.8. The summed E-state index contributed by atoms with van der Waals surface area (Å²) < 4.78 is 13.7. The second kappa shape index (κ2) is 7.40. The highest BCUT2D eigenvalue weighted by Crippen LogP contribution is 2.24. The fourth-order valence-electron chi connectivity index (χ4n) is 2.32. The average molecular weight is 341 g/mol. The van der Waals surface area contributed by atoms with Crippen molar-refractivity contribution in [3.63, 3.8) is 0 Å². The summed E-state index contributed by atoms with van der Waals surface area (Å²) in [5.41, 5.74) is 0.503. The van der Waals surface area contributed by atoms with E-state index in [2.05, 4.69) is 10.2 Å². The Bertz CT molecular complexity index is 866. The van der Waals surface area contributed by atoms with Gasteiger partial charge in [0, 0.05) is 29.9 Å².